The number of methoxy groups -OCH3 is 1. The molecule has 0 aliphatic carbocycles. The summed E-state index contributed by atoms with van der Waals surface area (Å²) >= 11 is 0. The van der Waals surface area contributed by atoms with E-state index < -0.39 is 16.8 Å². The van der Waals surface area contributed by atoms with Crippen LogP contribution >= 0.6 is 0 Å². The van der Waals surface area contributed by atoms with Crippen LogP contribution in [0.1, 0.15) is 26.4 Å². The number of nitrogens with one attached hydrogen (secondary N) is 2. The number of non-ortho nitro benzene ring substituents is 1. The maximum absolute atomic E-state index is 12.2. The fraction of sp³-hybridized carbons (Fsp3) is 0.0526. The van der Waals surface area contributed by atoms with Crippen LogP contribution in [0.5, 0.6) is 0 Å². The summed E-state index contributed by atoms with van der Waals surface area (Å²) < 4.78 is 4.62. The molecule has 0 aliphatic heterocycles. The number of carbonyl (C=O) groups excluding carboxylic acids is 2. The lowest BCUT2D eigenvalue weighted by Crippen LogP contribution is -2.18. The summed E-state index contributed by atoms with van der Waals surface area (Å²) in [5, 5.41) is 21.3. The first-order chi connectivity index (χ1) is 14.0. The zero-order chi connectivity index (χ0) is 20.8. The molecule has 1 amide bonds. The summed E-state index contributed by atoms with van der Waals surface area (Å²) in [4.78, 5) is 33.9. The van der Waals surface area contributed by atoms with Gasteiger partial charge in [0.2, 0.25) is 0 Å². The van der Waals surface area contributed by atoms with Gasteiger partial charge >= 0.3 is 5.97 Å². The highest BCUT2D eigenvalue weighted by Crippen LogP contribution is 2.22. The van der Waals surface area contributed by atoms with Crippen molar-refractivity contribution >= 4 is 23.8 Å². The van der Waals surface area contributed by atoms with Gasteiger partial charge in [-0.2, -0.15) is 10.2 Å². The molecule has 2 N–H and O–H groups in total. The third-order valence-corrected chi connectivity index (χ3v) is 3.89. The average Bonchev–Trinajstić information content (AvgIpc) is 3.24. The van der Waals surface area contributed by atoms with Gasteiger partial charge in [0, 0.05) is 17.7 Å². The van der Waals surface area contributed by atoms with Gasteiger partial charge in [-0.25, -0.2) is 10.2 Å². The van der Waals surface area contributed by atoms with Crippen LogP contribution < -0.4 is 5.43 Å². The first-order valence-electron chi connectivity index (χ1n) is 8.30. The Kier molecular flexibility index (Phi) is 5.74. The van der Waals surface area contributed by atoms with Gasteiger partial charge in [0.15, 0.2) is 0 Å². The zero-order valence-corrected chi connectivity index (χ0v) is 15.2. The molecule has 0 unspecified atom stereocenters. The lowest BCUT2D eigenvalue weighted by molar-refractivity contribution is -0.384. The fourth-order valence-electron chi connectivity index (χ4n) is 2.41. The SMILES string of the molecule is COC(=O)c1ccc(/C=N/NC(=O)c2cc(-c3cccc([N+](=O)[O-])c3)n[nH]2)cc1. The van der Waals surface area contributed by atoms with Crippen LogP contribution in [0.4, 0.5) is 5.69 Å². The first kappa shape index (κ1) is 19.4. The first-order valence-corrected chi connectivity index (χ1v) is 8.30. The molecule has 146 valence electrons. The number of H-pyrrole nitrogens is 1. The molecule has 0 bridgehead atoms. The number of nitrogens with zero attached hydrogens (tertiary/aromatic N) is 3. The minimum absolute atomic E-state index is 0.0701. The molecule has 29 heavy (non-hydrogen) atoms. The van der Waals surface area contributed by atoms with E-state index in [9.17, 15) is 19.7 Å². The molecule has 1 heterocycles. The normalized spacial score (nSPS) is 10.7. The highest BCUT2D eigenvalue weighted by atomic mass is 16.6. The number of hydrogen-bond acceptors (Lipinski definition) is 7. The fourth-order valence-corrected chi connectivity index (χ4v) is 2.41. The number of rotatable bonds is 6. The lowest BCUT2D eigenvalue weighted by Gasteiger charge is -1.99. The minimum atomic E-state index is -0.531. The Labute approximate surface area is 164 Å². The quantitative estimate of drug-likeness (QED) is 0.285. The van der Waals surface area contributed by atoms with E-state index in [1.54, 1.807) is 30.3 Å². The van der Waals surface area contributed by atoms with Gasteiger partial charge in [-0.05, 0) is 23.8 Å². The van der Waals surface area contributed by atoms with Gasteiger partial charge in [0.1, 0.15) is 5.69 Å². The van der Waals surface area contributed by atoms with Gasteiger partial charge in [-0.1, -0.05) is 24.3 Å². The summed E-state index contributed by atoms with van der Waals surface area (Å²) in [5.74, 6) is -0.975. The Morgan fingerprint density at radius 1 is 1.21 bits per heavy atom. The van der Waals surface area contributed by atoms with E-state index in [2.05, 4.69) is 25.5 Å². The van der Waals surface area contributed by atoms with Crippen molar-refractivity contribution in [1.82, 2.24) is 15.6 Å². The predicted molar refractivity (Wildman–Crippen MR) is 104 cm³/mol. The van der Waals surface area contributed by atoms with Crippen molar-refractivity contribution in [2.45, 2.75) is 0 Å². The van der Waals surface area contributed by atoms with Gasteiger partial charge < -0.3 is 4.74 Å². The Morgan fingerprint density at radius 2 is 1.97 bits per heavy atom. The maximum Gasteiger partial charge on any atom is 0.337 e. The van der Waals surface area contributed by atoms with Crippen LogP contribution in [0, 0.1) is 10.1 Å². The molecule has 0 aliphatic rings. The van der Waals surface area contributed by atoms with Gasteiger partial charge in [-0.15, -0.1) is 0 Å². The molecule has 0 fully saturated rings. The number of aromatic amines is 1. The van der Waals surface area contributed by atoms with Gasteiger partial charge in [0.05, 0.1) is 29.5 Å². The third kappa shape index (κ3) is 4.69. The van der Waals surface area contributed by atoms with E-state index in [1.807, 2.05) is 0 Å². The van der Waals surface area contributed by atoms with Crippen molar-refractivity contribution in [2.75, 3.05) is 7.11 Å². The topological polar surface area (TPSA) is 140 Å². The smallest absolute Gasteiger partial charge is 0.337 e. The van der Waals surface area contributed by atoms with Crippen molar-refractivity contribution < 1.29 is 19.2 Å². The van der Waals surface area contributed by atoms with E-state index in [0.29, 0.717) is 22.4 Å². The number of benzene rings is 2. The Balaban J connectivity index is 1.64. The number of aromatic nitrogens is 2. The molecule has 0 saturated carbocycles. The number of esters is 1. The third-order valence-electron chi connectivity index (χ3n) is 3.89. The second-order valence-corrected chi connectivity index (χ2v) is 5.79. The van der Waals surface area contributed by atoms with Crippen LogP contribution in [0.2, 0.25) is 0 Å². The van der Waals surface area contributed by atoms with E-state index in [1.165, 1.54) is 37.6 Å². The number of nitro benzene ring substituents is 1. The number of carbonyl (C=O) groups is 2. The molecule has 10 nitrogen and oxygen atoms in total. The monoisotopic (exact) mass is 393 g/mol. The molecule has 0 spiro atoms. The molecular formula is C19H15N5O5. The van der Waals surface area contributed by atoms with Crippen molar-refractivity contribution in [3.8, 4) is 11.3 Å². The molecule has 0 saturated heterocycles. The van der Waals surface area contributed by atoms with Gasteiger partial charge in [-0.3, -0.25) is 20.0 Å². The molecule has 2 aromatic carbocycles. The van der Waals surface area contributed by atoms with E-state index in [4.69, 9.17) is 0 Å². The molecule has 3 rings (SSSR count). The van der Waals surface area contributed by atoms with Crippen molar-refractivity contribution in [3.63, 3.8) is 0 Å². The largest absolute Gasteiger partial charge is 0.465 e. The van der Waals surface area contributed by atoms with Crippen LogP contribution in [0.3, 0.4) is 0 Å². The highest BCUT2D eigenvalue weighted by molar-refractivity contribution is 5.94. The van der Waals surface area contributed by atoms with E-state index in [0.717, 1.165) is 0 Å². The number of hydrogen-bond donors (Lipinski definition) is 2. The average molecular weight is 393 g/mol. The number of hydrazone groups is 1. The van der Waals surface area contributed by atoms with Crippen LogP contribution in [-0.4, -0.2) is 40.3 Å². The molecule has 3 aromatic rings. The molecular weight excluding hydrogens is 378 g/mol. The second-order valence-electron chi connectivity index (χ2n) is 5.79. The number of ether oxygens (including phenoxy) is 1. The summed E-state index contributed by atoms with van der Waals surface area (Å²) in [6.45, 7) is 0. The maximum atomic E-state index is 12.2. The van der Waals surface area contributed by atoms with Crippen LogP contribution in [-0.2, 0) is 4.74 Å². The van der Waals surface area contributed by atoms with Crippen LogP contribution in [0.25, 0.3) is 11.3 Å². The molecule has 1 aromatic heterocycles. The summed E-state index contributed by atoms with van der Waals surface area (Å²) in [6, 6.07) is 13.9. The van der Waals surface area contributed by atoms with Crippen LogP contribution in [0.15, 0.2) is 59.7 Å². The summed E-state index contributed by atoms with van der Waals surface area (Å²) in [5.41, 5.74) is 4.39. The lowest BCUT2D eigenvalue weighted by atomic mass is 10.1. The molecule has 10 heteroatoms. The number of amides is 1. The standard InChI is InChI=1S/C19H15N5O5/c1-29-19(26)13-7-5-12(6-8-13)11-20-23-18(25)17-10-16(21-22-17)14-3-2-4-15(9-14)24(27)28/h2-11H,1H3,(H,21,22)(H,23,25)/b20-11+. The summed E-state index contributed by atoms with van der Waals surface area (Å²) in [7, 11) is 1.30. The van der Waals surface area contributed by atoms with Crippen molar-refractivity contribution in [3.05, 3.63) is 81.5 Å². The zero-order valence-electron chi connectivity index (χ0n) is 15.2. The van der Waals surface area contributed by atoms with Gasteiger partial charge in [0.25, 0.3) is 11.6 Å². The van der Waals surface area contributed by atoms with E-state index >= 15 is 0 Å². The summed E-state index contributed by atoms with van der Waals surface area (Å²) in [6.07, 6.45) is 1.41. The molecule has 0 atom stereocenters. The predicted octanol–water partition coefficient (Wildman–Crippen LogP) is 2.54. The van der Waals surface area contributed by atoms with Crippen molar-refractivity contribution in [1.29, 1.82) is 0 Å². The molecule has 0 radical (unpaired) electrons. The highest BCUT2D eigenvalue weighted by Gasteiger charge is 2.13. The second kappa shape index (κ2) is 8.57. The van der Waals surface area contributed by atoms with E-state index in [-0.39, 0.29) is 11.4 Å². The van der Waals surface area contributed by atoms with Crippen molar-refractivity contribution in [2.24, 2.45) is 5.10 Å². The number of nitro groups is 1. The Morgan fingerprint density at radius 3 is 2.66 bits per heavy atom. The minimum Gasteiger partial charge on any atom is -0.465 e. The Hall–Kier alpha value is -4.34. The Bertz CT molecular complexity index is 1090.